The standard InChI is InChI=1S/C13H28F3N3/c1-12(11-17,7-5-8-13(14,15)16)19(4)10-6-9-18(2)3/h5-11,17H2,1-4H3. The quantitative estimate of drug-likeness (QED) is 0.705. The molecule has 6 heteroatoms. The van der Waals surface area contributed by atoms with Crippen LogP contribution in [0.5, 0.6) is 0 Å². The average molecular weight is 283 g/mol. The van der Waals surface area contributed by atoms with E-state index in [2.05, 4.69) is 9.80 Å². The predicted molar refractivity (Wildman–Crippen MR) is 73.2 cm³/mol. The molecule has 0 aromatic carbocycles. The molecular weight excluding hydrogens is 255 g/mol. The second kappa shape index (κ2) is 8.07. The van der Waals surface area contributed by atoms with Gasteiger partial charge in [0.25, 0.3) is 0 Å². The summed E-state index contributed by atoms with van der Waals surface area (Å²) in [5.74, 6) is 0. The zero-order valence-corrected chi connectivity index (χ0v) is 12.6. The summed E-state index contributed by atoms with van der Waals surface area (Å²) in [5, 5.41) is 0. The first-order chi connectivity index (χ1) is 8.60. The van der Waals surface area contributed by atoms with Crippen LogP contribution in [-0.4, -0.2) is 62.3 Å². The van der Waals surface area contributed by atoms with Crippen molar-refractivity contribution in [2.75, 3.05) is 40.8 Å². The van der Waals surface area contributed by atoms with E-state index in [9.17, 15) is 13.2 Å². The molecule has 0 bridgehead atoms. The molecule has 0 saturated carbocycles. The molecule has 0 spiro atoms. The summed E-state index contributed by atoms with van der Waals surface area (Å²) in [6.07, 6.45) is -3.21. The molecule has 0 radical (unpaired) electrons. The molecular formula is C13H28F3N3. The van der Waals surface area contributed by atoms with Gasteiger partial charge in [-0.3, -0.25) is 4.90 Å². The van der Waals surface area contributed by atoms with E-state index >= 15 is 0 Å². The zero-order valence-electron chi connectivity index (χ0n) is 12.6. The van der Waals surface area contributed by atoms with E-state index in [1.54, 1.807) is 0 Å². The molecule has 0 aliphatic carbocycles. The number of hydrogen-bond acceptors (Lipinski definition) is 3. The molecule has 0 amide bonds. The largest absolute Gasteiger partial charge is 0.389 e. The van der Waals surface area contributed by atoms with E-state index in [4.69, 9.17) is 5.73 Å². The molecule has 0 rings (SSSR count). The predicted octanol–water partition coefficient (Wildman–Crippen LogP) is 2.32. The minimum Gasteiger partial charge on any atom is -0.329 e. The minimum absolute atomic E-state index is 0.134. The van der Waals surface area contributed by atoms with Crippen LogP contribution in [0.4, 0.5) is 13.2 Å². The summed E-state index contributed by atoms with van der Waals surface area (Å²) < 4.78 is 36.5. The Bertz CT molecular complexity index is 244. The van der Waals surface area contributed by atoms with Crippen molar-refractivity contribution >= 4 is 0 Å². The van der Waals surface area contributed by atoms with Crippen molar-refractivity contribution in [2.45, 2.75) is 44.3 Å². The van der Waals surface area contributed by atoms with Gasteiger partial charge < -0.3 is 10.6 Å². The van der Waals surface area contributed by atoms with Crippen LogP contribution in [0.1, 0.15) is 32.6 Å². The third-order valence-electron chi connectivity index (χ3n) is 3.64. The average Bonchev–Trinajstić information content (AvgIpc) is 2.26. The lowest BCUT2D eigenvalue weighted by atomic mass is 9.93. The second-order valence-electron chi connectivity index (χ2n) is 5.75. The Balaban J connectivity index is 4.18. The van der Waals surface area contributed by atoms with Crippen LogP contribution in [0.25, 0.3) is 0 Å². The van der Waals surface area contributed by atoms with E-state index in [1.807, 2.05) is 28.1 Å². The van der Waals surface area contributed by atoms with Gasteiger partial charge in [-0.2, -0.15) is 13.2 Å². The lowest BCUT2D eigenvalue weighted by Crippen LogP contribution is -2.50. The Morgan fingerprint density at radius 2 is 1.53 bits per heavy atom. The number of hydrogen-bond donors (Lipinski definition) is 1. The van der Waals surface area contributed by atoms with Crippen molar-refractivity contribution < 1.29 is 13.2 Å². The molecule has 2 N–H and O–H groups in total. The first-order valence-electron chi connectivity index (χ1n) is 6.73. The fraction of sp³-hybridized carbons (Fsp3) is 1.00. The van der Waals surface area contributed by atoms with Crippen molar-refractivity contribution in [1.82, 2.24) is 9.80 Å². The van der Waals surface area contributed by atoms with Crippen molar-refractivity contribution in [3.8, 4) is 0 Å². The lowest BCUT2D eigenvalue weighted by molar-refractivity contribution is -0.136. The van der Waals surface area contributed by atoms with Gasteiger partial charge in [0.1, 0.15) is 0 Å². The van der Waals surface area contributed by atoms with E-state index < -0.39 is 12.6 Å². The first kappa shape index (κ1) is 18.7. The van der Waals surface area contributed by atoms with Gasteiger partial charge in [-0.1, -0.05) is 0 Å². The number of likely N-dealkylation sites (N-methyl/N-ethyl adjacent to an activating group) is 1. The number of nitrogens with two attached hydrogens (primary N) is 1. The zero-order chi connectivity index (χ0) is 15.1. The SMILES string of the molecule is CN(C)CCCN(C)C(C)(CN)CCCC(F)(F)F. The van der Waals surface area contributed by atoms with Crippen LogP contribution in [0, 0.1) is 0 Å². The van der Waals surface area contributed by atoms with Gasteiger partial charge in [0.2, 0.25) is 0 Å². The summed E-state index contributed by atoms with van der Waals surface area (Å²) in [6.45, 7) is 4.13. The van der Waals surface area contributed by atoms with Gasteiger partial charge in [-0.15, -0.1) is 0 Å². The maximum atomic E-state index is 12.2. The molecule has 0 aliphatic heterocycles. The highest BCUT2D eigenvalue weighted by Crippen LogP contribution is 2.26. The molecule has 0 aromatic heterocycles. The van der Waals surface area contributed by atoms with Gasteiger partial charge in [0.05, 0.1) is 0 Å². The van der Waals surface area contributed by atoms with Crippen LogP contribution in [0.2, 0.25) is 0 Å². The molecule has 3 nitrogen and oxygen atoms in total. The number of halogens is 3. The Hall–Kier alpha value is -0.330. The number of alkyl halides is 3. The van der Waals surface area contributed by atoms with Crippen LogP contribution < -0.4 is 5.73 Å². The number of nitrogens with zero attached hydrogens (tertiary/aromatic N) is 2. The molecule has 0 aliphatic rings. The van der Waals surface area contributed by atoms with Gasteiger partial charge in [0.15, 0.2) is 0 Å². The highest BCUT2D eigenvalue weighted by atomic mass is 19.4. The Kier molecular flexibility index (Phi) is 7.93. The normalized spacial score (nSPS) is 16.1. The number of rotatable bonds is 9. The summed E-state index contributed by atoms with van der Waals surface area (Å²) >= 11 is 0. The Labute approximate surface area is 114 Å². The Morgan fingerprint density at radius 3 is 1.95 bits per heavy atom. The van der Waals surface area contributed by atoms with E-state index in [0.29, 0.717) is 13.0 Å². The molecule has 116 valence electrons. The molecule has 0 saturated heterocycles. The third-order valence-corrected chi connectivity index (χ3v) is 3.64. The van der Waals surface area contributed by atoms with Crippen molar-refractivity contribution in [3.63, 3.8) is 0 Å². The highest BCUT2D eigenvalue weighted by molar-refractivity contribution is 4.85. The van der Waals surface area contributed by atoms with E-state index in [1.165, 1.54) is 0 Å². The minimum atomic E-state index is -4.07. The summed E-state index contributed by atoms with van der Waals surface area (Å²) in [6, 6.07) is 0. The molecule has 0 aromatic rings. The summed E-state index contributed by atoms with van der Waals surface area (Å²) in [5.41, 5.74) is 5.41. The van der Waals surface area contributed by atoms with Gasteiger partial charge in [-0.05, 0) is 60.4 Å². The fourth-order valence-electron chi connectivity index (χ4n) is 2.01. The van der Waals surface area contributed by atoms with Crippen molar-refractivity contribution in [2.24, 2.45) is 5.73 Å². The monoisotopic (exact) mass is 283 g/mol. The highest BCUT2D eigenvalue weighted by Gasteiger charge is 2.31. The van der Waals surface area contributed by atoms with Crippen molar-refractivity contribution in [1.29, 1.82) is 0 Å². The third kappa shape index (κ3) is 8.44. The van der Waals surface area contributed by atoms with Crippen LogP contribution in [0.3, 0.4) is 0 Å². The molecule has 19 heavy (non-hydrogen) atoms. The van der Waals surface area contributed by atoms with Crippen LogP contribution in [0.15, 0.2) is 0 Å². The first-order valence-corrected chi connectivity index (χ1v) is 6.73. The smallest absolute Gasteiger partial charge is 0.329 e. The fourth-order valence-corrected chi connectivity index (χ4v) is 2.01. The maximum Gasteiger partial charge on any atom is 0.389 e. The van der Waals surface area contributed by atoms with Crippen LogP contribution >= 0.6 is 0 Å². The summed E-state index contributed by atoms with van der Waals surface area (Å²) in [7, 11) is 5.95. The maximum absolute atomic E-state index is 12.2. The second-order valence-corrected chi connectivity index (χ2v) is 5.75. The molecule has 0 fully saturated rings. The van der Waals surface area contributed by atoms with Crippen LogP contribution in [-0.2, 0) is 0 Å². The van der Waals surface area contributed by atoms with E-state index in [0.717, 1.165) is 19.5 Å². The van der Waals surface area contributed by atoms with Gasteiger partial charge in [-0.25, -0.2) is 0 Å². The van der Waals surface area contributed by atoms with E-state index in [-0.39, 0.29) is 12.0 Å². The lowest BCUT2D eigenvalue weighted by Gasteiger charge is -2.38. The molecule has 1 atom stereocenters. The summed E-state index contributed by atoms with van der Waals surface area (Å²) in [4.78, 5) is 4.18. The van der Waals surface area contributed by atoms with Crippen molar-refractivity contribution in [3.05, 3.63) is 0 Å². The molecule has 0 heterocycles. The van der Waals surface area contributed by atoms with Gasteiger partial charge in [0, 0.05) is 18.5 Å². The topological polar surface area (TPSA) is 32.5 Å². The van der Waals surface area contributed by atoms with Gasteiger partial charge >= 0.3 is 6.18 Å². The molecule has 1 unspecified atom stereocenters. The Morgan fingerprint density at radius 1 is 0.947 bits per heavy atom.